The van der Waals surface area contributed by atoms with E-state index < -0.39 is 0 Å². The van der Waals surface area contributed by atoms with E-state index in [2.05, 4.69) is 29.4 Å². The van der Waals surface area contributed by atoms with E-state index in [1.54, 1.807) is 0 Å². The average molecular weight is 281 g/mol. The van der Waals surface area contributed by atoms with E-state index in [9.17, 15) is 0 Å². The molecule has 1 aliphatic heterocycles. The monoisotopic (exact) mass is 280 g/mol. The molecule has 19 heavy (non-hydrogen) atoms. The van der Waals surface area contributed by atoms with Gasteiger partial charge in [-0.15, -0.1) is 0 Å². The average Bonchev–Trinajstić information content (AvgIpc) is 2.43. The van der Waals surface area contributed by atoms with Crippen molar-refractivity contribution in [2.45, 2.75) is 32.2 Å². The van der Waals surface area contributed by atoms with Gasteiger partial charge < -0.3 is 10.2 Å². The Hall–Kier alpha value is -0.570. The predicted octanol–water partition coefficient (Wildman–Crippen LogP) is 3.55. The maximum Gasteiger partial charge on any atom is 0.0451 e. The van der Waals surface area contributed by atoms with E-state index in [-0.39, 0.29) is 0 Å². The topological polar surface area (TPSA) is 15.3 Å². The fourth-order valence-corrected chi connectivity index (χ4v) is 3.01. The number of hydrogen-bond acceptors (Lipinski definition) is 2. The Morgan fingerprint density at radius 3 is 2.95 bits per heavy atom. The van der Waals surface area contributed by atoms with Crippen LogP contribution in [0.25, 0.3) is 0 Å². The molecule has 0 amide bonds. The molecule has 1 unspecified atom stereocenters. The molecule has 0 saturated carbocycles. The molecule has 1 aliphatic rings. The second-order valence-corrected chi connectivity index (χ2v) is 6.09. The van der Waals surface area contributed by atoms with Crippen molar-refractivity contribution in [1.82, 2.24) is 10.2 Å². The highest BCUT2D eigenvalue weighted by molar-refractivity contribution is 6.31. The first-order chi connectivity index (χ1) is 9.25. The van der Waals surface area contributed by atoms with E-state index in [1.807, 2.05) is 12.1 Å². The van der Waals surface area contributed by atoms with Crippen LogP contribution in [0, 0.1) is 5.92 Å². The summed E-state index contributed by atoms with van der Waals surface area (Å²) in [4.78, 5) is 2.37. The minimum absolute atomic E-state index is 0.880. The van der Waals surface area contributed by atoms with E-state index in [0.29, 0.717) is 0 Å². The van der Waals surface area contributed by atoms with Gasteiger partial charge in [0, 0.05) is 11.6 Å². The van der Waals surface area contributed by atoms with Crippen LogP contribution in [-0.4, -0.2) is 31.6 Å². The lowest BCUT2D eigenvalue weighted by Crippen LogP contribution is -2.30. The maximum atomic E-state index is 6.19. The second kappa shape index (κ2) is 7.88. The Morgan fingerprint density at radius 1 is 1.37 bits per heavy atom. The molecule has 0 aliphatic carbocycles. The number of benzene rings is 1. The number of rotatable bonds is 6. The summed E-state index contributed by atoms with van der Waals surface area (Å²) in [6.45, 7) is 4.53. The van der Waals surface area contributed by atoms with Crippen LogP contribution in [-0.2, 0) is 6.54 Å². The van der Waals surface area contributed by atoms with Crippen LogP contribution in [0.5, 0.6) is 0 Å². The predicted molar refractivity (Wildman–Crippen MR) is 82.6 cm³/mol. The number of halogens is 1. The van der Waals surface area contributed by atoms with Crippen LogP contribution >= 0.6 is 11.6 Å². The Balaban J connectivity index is 1.67. The summed E-state index contributed by atoms with van der Waals surface area (Å²) in [6.07, 6.45) is 5.38. The van der Waals surface area contributed by atoms with E-state index in [4.69, 9.17) is 11.6 Å². The molecule has 1 atom stereocenters. The Bertz CT molecular complexity index is 375. The fraction of sp³-hybridized carbons (Fsp3) is 0.625. The van der Waals surface area contributed by atoms with Crippen molar-refractivity contribution in [3.05, 3.63) is 34.9 Å². The third kappa shape index (κ3) is 5.13. The van der Waals surface area contributed by atoms with Crippen LogP contribution in [0.2, 0.25) is 5.02 Å². The molecular formula is C16H25ClN2. The second-order valence-electron chi connectivity index (χ2n) is 5.68. The molecule has 0 bridgehead atoms. The number of hydrogen-bond donors (Lipinski definition) is 1. The minimum Gasteiger partial charge on any atom is -0.316 e. The van der Waals surface area contributed by atoms with E-state index in [0.717, 1.165) is 24.0 Å². The van der Waals surface area contributed by atoms with Gasteiger partial charge in [0.2, 0.25) is 0 Å². The molecule has 1 aromatic carbocycles. The lowest BCUT2D eigenvalue weighted by Gasteiger charge is -2.24. The molecule has 0 spiro atoms. The van der Waals surface area contributed by atoms with Gasteiger partial charge in [0.1, 0.15) is 0 Å². The summed E-state index contributed by atoms with van der Waals surface area (Å²) in [5.74, 6) is 0.891. The van der Waals surface area contributed by atoms with Gasteiger partial charge in [-0.2, -0.15) is 0 Å². The highest BCUT2D eigenvalue weighted by Crippen LogP contribution is 2.18. The van der Waals surface area contributed by atoms with Crippen molar-refractivity contribution in [3.63, 3.8) is 0 Å². The quantitative estimate of drug-likeness (QED) is 0.857. The van der Waals surface area contributed by atoms with Gasteiger partial charge in [0.25, 0.3) is 0 Å². The number of nitrogens with zero attached hydrogens (tertiary/aromatic N) is 1. The van der Waals surface area contributed by atoms with Crippen molar-refractivity contribution >= 4 is 11.6 Å². The zero-order chi connectivity index (χ0) is 13.5. The van der Waals surface area contributed by atoms with Gasteiger partial charge >= 0.3 is 0 Å². The molecule has 0 radical (unpaired) electrons. The highest BCUT2D eigenvalue weighted by atomic mass is 35.5. The number of nitrogens with one attached hydrogen (secondary N) is 1. The highest BCUT2D eigenvalue weighted by Gasteiger charge is 2.12. The summed E-state index contributed by atoms with van der Waals surface area (Å²) in [6, 6.07) is 8.13. The van der Waals surface area contributed by atoms with Crippen molar-refractivity contribution < 1.29 is 0 Å². The third-order valence-corrected chi connectivity index (χ3v) is 4.32. The summed E-state index contributed by atoms with van der Waals surface area (Å²) in [5.41, 5.74) is 1.23. The molecule has 1 N–H and O–H groups in total. The Kier molecular flexibility index (Phi) is 6.15. The molecular weight excluding hydrogens is 256 g/mol. The Labute approximate surface area is 122 Å². The van der Waals surface area contributed by atoms with Gasteiger partial charge in [-0.05, 0) is 69.9 Å². The smallest absolute Gasteiger partial charge is 0.0451 e. The summed E-state index contributed by atoms with van der Waals surface area (Å²) >= 11 is 6.19. The van der Waals surface area contributed by atoms with Crippen LogP contribution in [0.3, 0.4) is 0 Å². The zero-order valence-electron chi connectivity index (χ0n) is 11.9. The summed E-state index contributed by atoms with van der Waals surface area (Å²) in [7, 11) is 2.18. The molecule has 1 fully saturated rings. The van der Waals surface area contributed by atoms with Gasteiger partial charge in [0.15, 0.2) is 0 Å². The Morgan fingerprint density at radius 2 is 2.21 bits per heavy atom. The lowest BCUT2D eigenvalue weighted by molar-refractivity contribution is 0.287. The number of piperidine rings is 1. The van der Waals surface area contributed by atoms with E-state index in [1.165, 1.54) is 44.3 Å². The van der Waals surface area contributed by atoms with Gasteiger partial charge in [-0.3, -0.25) is 0 Å². The van der Waals surface area contributed by atoms with Gasteiger partial charge in [0.05, 0.1) is 0 Å². The first-order valence-corrected chi connectivity index (χ1v) is 7.76. The van der Waals surface area contributed by atoms with Crippen LogP contribution in [0.15, 0.2) is 24.3 Å². The van der Waals surface area contributed by atoms with Crippen molar-refractivity contribution in [3.8, 4) is 0 Å². The standard InChI is InChI=1S/C16H25ClN2/c1-19(13-15-8-2-3-9-16(15)17)11-5-7-14-6-4-10-18-12-14/h2-3,8-9,14,18H,4-7,10-13H2,1H3. The molecule has 1 saturated heterocycles. The molecule has 0 aromatic heterocycles. The van der Waals surface area contributed by atoms with Crippen molar-refractivity contribution in [2.75, 3.05) is 26.7 Å². The molecule has 2 rings (SSSR count). The van der Waals surface area contributed by atoms with E-state index >= 15 is 0 Å². The molecule has 2 nitrogen and oxygen atoms in total. The third-order valence-electron chi connectivity index (χ3n) is 3.95. The molecule has 1 aromatic rings. The van der Waals surface area contributed by atoms with Crippen LogP contribution in [0.1, 0.15) is 31.2 Å². The van der Waals surface area contributed by atoms with Crippen molar-refractivity contribution in [2.24, 2.45) is 5.92 Å². The van der Waals surface area contributed by atoms with Crippen LogP contribution in [0.4, 0.5) is 0 Å². The van der Waals surface area contributed by atoms with Gasteiger partial charge in [-0.25, -0.2) is 0 Å². The summed E-state index contributed by atoms with van der Waals surface area (Å²) in [5, 5.41) is 4.37. The van der Waals surface area contributed by atoms with Crippen LogP contribution < -0.4 is 5.32 Å². The lowest BCUT2D eigenvalue weighted by atomic mass is 9.95. The SMILES string of the molecule is CN(CCCC1CCCNC1)Cc1ccccc1Cl. The minimum atomic E-state index is 0.880. The fourth-order valence-electron chi connectivity index (χ4n) is 2.82. The van der Waals surface area contributed by atoms with Gasteiger partial charge in [-0.1, -0.05) is 29.8 Å². The first kappa shape index (κ1) is 14.8. The molecule has 1 heterocycles. The molecule has 3 heteroatoms. The zero-order valence-corrected chi connectivity index (χ0v) is 12.6. The van der Waals surface area contributed by atoms with Crippen molar-refractivity contribution in [1.29, 1.82) is 0 Å². The largest absolute Gasteiger partial charge is 0.316 e. The summed E-state index contributed by atoms with van der Waals surface area (Å²) < 4.78 is 0. The maximum absolute atomic E-state index is 6.19. The normalized spacial score (nSPS) is 19.8. The first-order valence-electron chi connectivity index (χ1n) is 7.38. The molecule has 106 valence electrons.